The first-order valence-corrected chi connectivity index (χ1v) is 12.6. The number of ether oxygens (including phenoxy) is 2. The molecule has 0 aliphatic carbocycles. The Labute approximate surface area is 235 Å². The molecule has 2 heterocycles. The third-order valence-electron chi connectivity index (χ3n) is 6.36. The lowest BCUT2D eigenvalue weighted by molar-refractivity contribution is -0.131. The number of nitrogens with one attached hydrogen (secondary N) is 2. The number of amides is 2. The van der Waals surface area contributed by atoms with Crippen LogP contribution in [-0.4, -0.2) is 56.0 Å². The summed E-state index contributed by atoms with van der Waals surface area (Å²) in [6, 6.07) is 10.9. The molecule has 2 aliphatic rings. The van der Waals surface area contributed by atoms with Crippen molar-refractivity contribution in [2.24, 2.45) is 0 Å². The molecule has 40 heavy (non-hydrogen) atoms. The lowest BCUT2D eigenvalue weighted by Gasteiger charge is -2.38. The number of aromatic carboxylic acids is 1. The number of nitrogens with zero attached hydrogens (tertiary/aromatic N) is 1. The molecule has 3 aromatic carbocycles. The molecule has 5 N–H and O–H groups in total. The van der Waals surface area contributed by atoms with E-state index in [1.54, 1.807) is 0 Å². The van der Waals surface area contributed by atoms with Gasteiger partial charge in [0.15, 0.2) is 5.60 Å². The van der Waals surface area contributed by atoms with Gasteiger partial charge in [0.05, 0.1) is 23.2 Å². The zero-order valence-corrected chi connectivity index (χ0v) is 21.7. The number of aromatic hydroxyl groups is 2. The van der Waals surface area contributed by atoms with E-state index in [4.69, 9.17) is 32.7 Å². The van der Waals surface area contributed by atoms with E-state index in [9.17, 15) is 34.5 Å². The Kier molecular flexibility index (Phi) is 6.92. The average molecular weight is 588 g/mol. The number of fused-ring (bicyclic) bond motifs is 6. The molecule has 1 atom stereocenters. The summed E-state index contributed by atoms with van der Waals surface area (Å²) < 4.78 is 12.1. The van der Waals surface area contributed by atoms with Gasteiger partial charge in [-0.05, 0) is 36.4 Å². The smallest absolute Gasteiger partial charge is 0.340 e. The van der Waals surface area contributed by atoms with Crippen molar-refractivity contribution in [3.63, 3.8) is 0 Å². The van der Waals surface area contributed by atoms with E-state index in [0.29, 0.717) is 11.1 Å². The first-order valence-electron chi connectivity index (χ1n) is 11.5. The summed E-state index contributed by atoms with van der Waals surface area (Å²) in [5.74, 6) is -4.70. The van der Waals surface area contributed by atoms with Gasteiger partial charge < -0.3 is 24.8 Å². The van der Waals surface area contributed by atoms with E-state index < -0.39 is 41.1 Å². The van der Waals surface area contributed by atoms with Gasteiger partial charge in [-0.2, -0.15) is 0 Å². The number of phenolic OH excluding ortho intramolecular Hbond substituents is 2. The number of hydrogen-bond donors (Lipinski definition) is 5. The molecule has 0 aromatic heterocycles. The molecule has 3 aromatic rings. The SMILES string of the molecule is O=C(CCl)NN(Cc1c(O)ccc2c1Oc1cc(O)ccc1C21OC(=O)c2cc(C(=O)O)ccc21)NC(=O)CCl. The molecule has 0 bridgehead atoms. The van der Waals surface area contributed by atoms with Crippen LogP contribution in [0.5, 0.6) is 23.0 Å². The Bertz CT molecular complexity index is 1580. The first-order chi connectivity index (χ1) is 19.1. The van der Waals surface area contributed by atoms with Gasteiger partial charge in [-0.1, -0.05) is 6.07 Å². The van der Waals surface area contributed by atoms with Crippen molar-refractivity contribution in [2.75, 3.05) is 11.8 Å². The number of phenols is 2. The summed E-state index contributed by atoms with van der Waals surface area (Å²) in [4.78, 5) is 48.8. The molecular weight excluding hydrogens is 569 g/mol. The number of hydrogen-bond acceptors (Lipinski definition) is 9. The van der Waals surface area contributed by atoms with Crippen LogP contribution in [0.2, 0.25) is 0 Å². The average Bonchev–Trinajstić information content (AvgIpc) is 3.21. The molecule has 0 radical (unpaired) electrons. The van der Waals surface area contributed by atoms with Crippen LogP contribution >= 0.6 is 23.2 Å². The van der Waals surface area contributed by atoms with Crippen molar-refractivity contribution in [1.82, 2.24) is 16.0 Å². The maximum absolute atomic E-state index is 13.2. The minimum Gasteiger partial charge on any atom is -0.508 e. The second kappa shape index (κ2) is 10.2. The van der Waals surface area contributed by atoms with Crippen LogP contribution < -0.4 is 15.6 Å². The lowest BCUT2D eigenvalue weighted by atomic mass is 9.76. The predicted molar refractivity (Wildman–Crippen MR) is 138 cm³/mol. The van der Waals surface area contributed by atoms with E-state index in [-0.39, 0.29) is 51.8 Å². The van der Waals surface area contributed by atoms with Crippen molar-refractivity contribution in [3.05, 3.63) is 81.9 Å². The second-order valence-electron chi connectivity index (χ2n) is 8.78. The highest BCUT2D eigenvalue weighted by Gasteiger charge is 2.54. The fourth-order valence-electron chi connectivity index (χ4n) is 4.73. The van der Waals surface area contributed by atoms with E-state index >= 15 is 0 Å². The Morgan fingerprint density at radius 1 is 0.900 bits per heavy atom. The third kappa shape index (κ3) is 4.41. The highest BCUT2D eigenvalue weighted by molar-refractivity contribution is 6.27. The number of hydrazine groups is 2. The van der Waals surface area contributed by atoms with Gasteiger partial charge >= 0.3 is 11.9 Å². The zero-order chi connectivity index (χ0) is 28.8. The lowest BCUT2D eigenvalue weighted by Crippen LogP contribution is -2.53. The zero-order valence-electron chi connectivity index (χ0n) is 20.2. The van der Waals surface area contributed by atoms with Crippen LogP contribution in [0.3, 0.4) is 0 Å². The Balaban J connectivity index is 1.72. The van der Waals surface area contributed by atoms with Gasteiger partial charge in [0.1, 0.15) is 34.8 Å². The first kappa shape index (κ1) is 27.1. The third-order valence-corrected chi connectivity index (χ3v) is 6.85. The van der Waals surface area contributed by atoms with Crippen LogP contribution in [0.1, 0.15) is 43.0 Å². The fraction of sp³-hybridized carbons (Fsp3) is 0.154. The van der Waals surface area contributed by atoms with Crippen LogP contribution in [0.15, 0.2) is 48.5 Å². The molecule has 5 rings (SSSR count). The number of carboxylic acid groups (broad SMARTS) is 1. The molecule has 1 unspecified atom stereocenters. The fourth-order valence-corrected chi connectivity index (χ4v) is 4.85. The minimum absolute atomic E-state index is 0.00628. The van der Waals surface area contributed by atoms with Gasteiger partial charge in [0, 0.05) is 22.8 Å². The maximum Gasteiger partial charge on any atom is 0.340 e. The standard InChI is InChI=1S/C26H19Cl2N3O9/c27-9-21(34)29-31(30-22(35)10-28)11-15-19(33)6-5-18-23(15)39-20-8-13(32)2-4-17(20)26(18)16-3-1-12(24(36)37)7-14(16)25(38)40-26/h1-8,32-33H,9-11H2,(H,29,34)(H,30,35)(H,36,37). The summed E-state index contributed by atoms with van der Waals surface area (Å²) >= 11 is 11.2. The molecular formula is C26H19Cl2N3O9. The summed E-state index contributed by atoms with van der Waals surface area (Å²) in [5, 5.41) is 31.5. The number of carbonyl (C=O) groups is 4. The molecule has 2 aliphatic heterocycles. The number of alkyl halides is 2. The van der Waals surface area contributed by atoms with Crippen LogP contribution in [0.25, 0.3) is 0 Å². The van der Waals surface area contributed by atoms with Crippen LogP contribution in [0, 0.1) is 0 Å². The molecule has 0 fully saturated rings. The number of carboxylic acids is 1. The summed E-state index contributed by atoms with van der Waals surface area (Å²) in [7, 11) is 0. The van der Waals surface area contributed by atoms with Crippen molar-refractivity contribution < 1.29 is 44.0 Å². The molecule has 0 saturated carbocycles. The Morgan fingerprint density at radius 2 is 1.55 bits per heavy atom. The van der Waals surface area contributed by atoms with E-state index in [0.717, 1.165) is 5.12 Å². The predicted octanol–water partition coefficient (Wildman–Crippen LogP) is 2.71. The molecule has 0 saturated heterocycles. The summed E-state index contributed by atoms with van der Waals surface area (Å²) in [6.45, 7) is -0.372. The second-order valence-corrected chi connectivity index (χ2v) is 9.32. The minimum atomic E-state index is -1.66. The molecule has 14 heteroatoms. The van der Waals surface area contributed by atoms with Gasteiger partial charge in [0.25, 0.3) is 11.8 Å². The number of halogens is 2. The quantitative estimate of drug-likeness (QED) is 0.157. The van der Waals surface area contributed by atoms with E-state index in [1.807, 2.05) is 0 Å². The van der Waals surface area contributed by atoms with Crippen LogP contribution in [0.4, 0.5) is 0 Å². The molecule has 12 nitrogen and oxygen atoms in total. The number of esters is 1. The van der Waals surface area contributed by atoms with Gasteiger partial charge in [-0.15, -0.1) is 28.3 Å². The number of rotatable bonds is 7. The highest BCUT2D eigenvalue weighted by Crippen LogP contribution is 2.58. The molecule has 2 amide bonds. The van der Waals surface area contributed by atoms with Gasteiger partial charge in [-0.3, -0.25) is 20.4 Å². The van der Waals surface area contributed by atoms with Crippen LogP contribution in [-0.2, 0) is 26.5 Å². The van der Waals surface area contributed by atoms with Gasteiger partial charge in [0.2, 0.25) is 0 Å². The number of carbonyl (C=O) groups excluding carboxylic acids is 3. The van der Waals surface area contributed by atoms with Crippen molar-refractivity contribution in [2.45, 2.75) is 12.1 Å². The Morgan fingerprint density at radius 3 is 2.20 bits per heavy atom. The van der Waals surface area contributed by atoms with Crippen molar-refractivity contribution >= 4 is 47.0 Å². The Hall–Kier alpha value is -4.52. The van der Waals surface area contributed by atoms with Crippen molar-refractivity contribution in [1.29, 1.82) is 0 Å². The highest BCUT2D eigenvalue weighted by atomic mass is 35.5. The maximum atomic E-state index is 13.2. The molecule has 206 valence electrons. The largest absolute Gasteiger partial charge is 0.508 e. The monoisotopic (exact) mass is 587 g/mol. The van der Waals surface area contributed by atoms with Gasteiger partial charge in [-0.25, -0.2) is 9.59 Å². The summed E-state index contributed by atoms with van der Waals surface area (Å²) in [6.07, 6.45) is 0. The van der Waals surface area contributed by atoms with E-state index in [2.05, 4.69) is 10.9 Å². The summed E-state index contributed by atoms with van der Waals surface area (Å²) in [5.41, 5.74) is 3.88. The van der Waals surface area contributed by atoms with Crippen molar-refractivity contribution in [3.8, 4) is 23.0 Å². The normalized spacial score (nSPS) is 16.4. The van der Waals surface area contributed by atoms with E-state index in [1.165, 1.54) is 48.5 Å². The molecule has 1 spiro atoms. The number of benzene rings is 3. The topological polar surface area (TPSA) is 175 Å².